The van der Waals surface area contributed by atoms with E-state index in [2.05, 4.69) is 0 Å². The number of allylic oxidation sites excluding steroid dienone is 2. The van der Waals surface area contributed by atoms with Crippen LogP contribution in [0, 0.1) is 17.8 Å². The highest BCUT2D eigenvalue weighted by Gasteiger charge is 2.47. The minimum absolute atomic E-state index is 0.0976. The second kappa shape index (κ2) is 5.86. The minimum Gasteiger partial charge on any atom is -0.457 e. The number of ketones is 1. The van der Waals surface area contributed by atoms with Crippen LogP contribution < -0.4 is 0 Å². The SMILES string of the molecule is CCC1(OC(=O)COC(=O)C2CC3C=CC2C3=O)CCCC1. The van der Waals surface area contributed by atoms with Crippen LogP contribution in [0.25, 0.3) is 0 Å². The van der Waals surface area contributed by atoms with Gasteiger partial charge < -0.3 is 9.47 Å². The van der Waals surface area contributed by atoms with E-state index in [-0.39, 0.29) is 29.8 Å². The number of ether oxygens (including phenoxy) is 2. The highest BCUT2D eigenvalue weighted by molar-refractivity contribution is 5.97. The van der Waals surface area contributed by atoms with Crippen LogP contribution in [0.5, 0.6) is 0 Å². The maximum atomic E-state index is 12.1. The Kier molecular flexibility index (Phi) is 4.06. The molecule has 3 atom stereocenters. The fraction of sp³-hybridized carbons (Fsp3) is 0.706. The van der Waals surface area contributed by atoms with E-state index in [0.717, 1.165) is 32.1 Å². The molecule has 0 spiro atoms. The topological polar surface area (TPSA) is 69.7 Å². The number of hydrogen-bond acceptors (Lipinski definition) is 5. The fourth-order valence-electron chi connectivity index (χ4n) is 3.94. The van der Waals surface area contributed by atoms with Gasteiger partial charge >= 0.3 is 11.9 Å². The van der Waals surface area contributed by atoms with Gasteiger partial charge in [-0.05, 0) is 38.5 Å². The maximum absolute atomic E-state index is 12.1. The molecule has 22 heavy (non-hydrogen) atoms. The number of carbonyl (C=O) groups excluding carboxylic acids is 3. The fourth-order valence-corrected chi connectivity index (χ4v) is 3.94. The number of esters is 2. The Morgan fingerprint density at radius 1 is 1.27 bits per heavy atom. The number of Topliss-reactive ketones (excluding diaryl/α,β-unsaturated/α-hetero) is 1. The highest BCUT2D eigenvalue weighted by Crippen LogP contribution is 2.41. The molecule has 120 valence electrons. The summed E-state index contributed by atoms with van der Waals surface area (Å²) in [6, 6.07) is 0. The summed E-state index contributed by atoms with van der Waals surface area (Å²) in [6.07, 6.45) is 8.84. The standard InChI is InChI=1S/C17H22O5/c1-2-17(7-3-4-8-17)22-14(18)10-21-16(20)13-9-11-5-6-12(13)15(11)19/h5-6,11-13H,2-4,7-10H2,1H3. The average molecular weight is 306 g/mol. The molecule has 0 aromatic carbocycles. The van der Waals surface area contributed by atoms with Gasteiger partial charge in [-0.3, -0.25) is 9.59 Å². The maximum Gasteiger partial charge on any atom is 0.344 e. The van der Waals surface area contributed by atoms with Crippen molar-refractivity contribution >= 4 is 17.7 Å². The van der Waals surface area contributed by atoms with E-state index in [1.54, 1.807) is 6.08 Å². The van der Waals surface area contributed by atoms with Crippen molar-refractivity contribution < 1.29 is 23.9 Å². The van der Waals surface area contributed by atoms with E-state index in [1.165, 1.54) is 0 Å². The molecule has 2 bridgehead atoms. The van der Waals surface area contributed by atoms with Crippen molar-refractivity contribution in [3.8, 4) is 0 Å². The smallest absolute Gasteiger partial charge is 0.344 e. The Morgan fingerprint density at radius 2 is 2.00 bits per heavy atom. The quantitative estimate of drug-likeness (QED) is 0.575. The monoisotopic (exact) mass is 306 g/mol. The first-order chi connectivity index (χ1) is 10.5. The lowest BCUT2D eigenvalue weighted by atomic mass is 9.94. The van der Waals surface area contributed by atoms with Crippen LogP contribution in [-0.4, -0.2) is 29.9 Å². The minimum atomic E-state index is -0.484. The molecular formula is C17H22O5. The molecule has 5 nitrogen and oxygen atoms in total. The van der Waals surface area contributed by atoms with E-state index < -0.39 is 17.9 Å². The van der Waals surface area contributed by atoms with Crippen LogP contribution >= 0.6 is 0 Å². The van der Waals surface area contributed by atoms with E-state index in [4.69, 9.17) is 9.47 Å². The summed E-state index contributed by atoms with van der Waals surface area (Å²) in [5.74, 6) is -1.77. The molecule has 0 aromatic heterocycles. The van der Waals surface area contributed by atoms with Gasteiger partial charge in [0.05, 0.1) is 5.92 Å². The average Bonchev–Trinajstić information content (AvgIpc) is 3.21. The Morgan fingerprint density at radius 3 is 2.55 bits per heavy atom. The molecule has 3 aliphatic rings. The zero-order chi connectivity index (χ0) is 15.7. The van der Waals surface area contributed by atoms with Crippen molar-refractivity contribution in [2.75, 3.05) is 6.61 Å². The number of fused-ring (bicyclic) bond motifs is 2. The van der Waals surface area contributed by atoms with Gasteiger partial charge in [0, 0.05) is 11.8 Å². The van der Waals surface area contributed by atoms with Crippen LogP contribution in [0.1, 0.15) is 45.4 Å². The summed E-state index contributed by atoms with van der Waals surface area (Å²) < 4.78 is 10.6. The molecule has 3 unspecified atom stereocenters. The van der Waals surface area contributed by atoms with E-state index in [9.17, 15) is 14.4 Å². The van der Waals surface area contributed by atoms with Gasteiger partial charge in [-0.1, -0.05) is 19.1 Å². The lowest BCUT2D eigenvalue weighted by Crippen LogP contribution is -2.34. The number of rotatable bonds is 5. The summed E-state index contributed by atoms with van der Waals surface area (Å²) in [4.78, 5) is 35.8. The third-order valence-corrected chi connectivity index (χ3v) is 5.31. The molecule has 3 aliphatic carbocycles. The van der Waals surface area contributed by atoms with Crippen LogP contribution in [0.3, 0.4) is 0 Å². The van der Waals surface area contributed by atoms with Crippen LogP contribution in [0.4, 0.5) is 0 Å². The largest absolute Gasteiger partial charge is 0.457 e. The van der Waals surface area contributed by atoms with Gasteiger partial charge in [-0.15, -0.1) is 0 Å². The summed E-state index contributed by atoms with van der Waals surface area (Å²) >= 11 is 0. The Labute approximate surface area is 130 Å². The zero-order valence-electron chi connectivity index (χ0n) is 12.9. The first kappa shape index (κ1) is 15.3. The summed E-state index contributed by atoms with van der Waals surface area (Å²) in [5, 5.41) is 0. The van der Waals surface area contributed by atoms with Crippen LogP contribution in [-0.2, 0) is 23.9 Å². The van der Waals surface area contributed by atoms with Gasteiger partial charge in [0.25, 0.3) is 0 Å². The number of carbonyl (C=O) groups is 3. The van der Waals surface area contributed by atoms with Crippen molar-refractivity contribution in [1.29, 1.82) is 0 Å². The van der Waals surface area contributed by atoms with Crippen LogP contribution in [0.2, 0.25) is 0 Å². The molecule has 0 aromatic rings. The van der Waals surface area contributed by atoms with Crippen molar-refractivity contribution in [2.45, 2.75) is 51.0 Å². The second-order valence-electron chi connectivity index (χ2n) is 6.59. The molecule has 2 saturated carbocycles. The van der Waals surface area contributed by atoms with E-state index in [1.807, 2.05) is 13.0 Å². The zero-order valence-corrected chi connectivity index (χ0v) is 12.9. The summed E-state index contributed by atoms with van der Waals surface area (Å²) in [7, 11) is 0. The molecule has 0 aliphatic heterocycles. The van der Waals surface area contributed by atoms with Crippen LogP contribution in [0.15, 0.2) is 12.2 Å². The van der Waals surface area contributed by atoms with Crippen molar-refractivity contribution in [3.63, 3.8) is 0 Å². The van der Waals surface area contributed by atoms with E-state index in [0.29, 0.717) is 6.42 Å². The van der Waals surface area contributed by atoms with Gasteiger partial charge in [-0.25, -0.2) is 4.79 Å². The predicted octanol–water partition coefficient (Wildman–Crippen LogP) is 2.19. The van der Waals surface area contributed by atoms with Gasteiger partial charge in [0.1, 0.15) is 11.4 Å². The molecule has 2 fully saturated rings. The highest BCUT2D eigenvalue weighted by atomic mass is 16.6. The van der Waals surface area contributed by atoms with Gasteiger partial charge in [-0.2, -0.15) is 0 Å². The molecular weight excluding hydrogens is 284 g/mol. The second-order valence-corrected chi connectivity index (χ2v) is 6.59. The molecule has 0 heterocycles. The number of hydrogen-bond donors (Lipinski definition) is 0. The van der Waals surface area contributed by atoms with Crippen molar-refractivity contribution in [3.05, 3.63) is 12.2 Å². The van der Waals surface area contributed by atoms with E-state index >= 15 is 0 Å². The molecule has 0 N–H and O–H groups in total. The molecule has 0 amide bonds. The molecule has 0 saturated heterocycles. The Bertz CT molecular complexity index is 515. The van der Waals surface area contributed by atoms with Gasteiger partial charge in [0.15, 0.2) is 6.61 Å². The van der Waals surface area contributed by atoms with Crippen molar-refractivity contribution in [1.82, 2.24) is 0 Å². The predicted molar refractivity (Wildman–Crippen MR) is 77.8 cm³/mol. The van der Waals surface area contributed by atoms with Crippen molar-refractivity contribution in [2.24, 2.45) is 17.8 Å². The lowest BCUT2D eigenvalue weighted by Gasteiger charge is -2.27. The molecule has 3 rings (SSSR count). The van der Waals surface area contributed by atoms with Gasteiger partial charge in [0.2, 0.25) is 0 Å². The normalized spacial score (nSPS) is 31.5. The first-order valence-corrected chi connectivity index (χ1v) is 8.15. The Hall–Kier alpha value is -1.65. The molecule has 5 heteroatoms. The summed E-state index contributed by atoms with van der Waals surface area (Å²) in [6.45, 7) is 1.66. The summed E-state index contributed by atoms with van der Waals surface area (Å²) in [5.41, 5.74) is -0.366. The first-order valence-electron chi connectivity index (χ1n) is 8.15. The lowest BCUT2D eigenvalue weighted by molar-refractivity contribution is -0.172. The third-order valence-electron chi connectivity index (χ3n) is 5.31. The third kappa shape index (κ3) is 2.69. The Balaban J connectivity index is 1.48. The molecule has 0 radical (unpaired) electrons.